The second-order valence-electron chi connectivity index (χ2n) is 5.58. The maximum Gasteiger partial charge on any atom is 0.201 e. The van der Waals surface area contributed by atoms with Crippen molar-refractivity contribution in [2.75, 3.05) is 20.8 Å². The number of benzene rings is 1. The van der Waals surface area contributed by atoms with Gasteiger partial charge in [-0.2, -0.15) is 0 Å². The Bertz CT molecular complexity index is 578. The largest absolute Gasteiger partial charge is 0.273 e. The van der Waals surface area contributed by atoms with Crippen LogP contribution in [0.15, 0.2) is 38.8 Å². The quantitative estimate of drug-likeness (QED) is 0.841. The first-order valence-corrected chi connectivity index (χ1v) is 7.61. The normalized spacial score (nSPS) is 21.7. The summed E-state index contributed by atoms with van der Waals surface area (Å²) in [5.74, 6) is -0.879. The van der Waals surface area contributed by atoms with E-state index in [4.69, 9.17) is 0 Å². The predicted octanol–water partition coefficient (Wildman–Crippen LogP) is 3.55. The third-order valence-corrected chi connectivity index (χ3v) is 4.51. The molecule has 1 heterocycles. The van der Waals surface area contributed by atoms with Crippen LogP contribution in [0.2, 0.25) is 0 Å². The summed E-state index contributed by atoms with van der Waals surface area (Å²) in [6.07, 6.45) is 1.86. The summed E-state index contributed by atoms with van der Waals surface area (Å²) < 4.78 is 27.2. The van der Waals surface area contributed by atoms with Crippen molar-refractivity contribution >= 4 is 18.1 Å². The van der Waals surface area contributed by atoms with E-state index < -0.39 is 11.6 Å². The summed E-state index contributed by atoms with van der Waals surface area (Å²) in [4.78, 5) is 5.06. The van der Waals surface area contributed by atoms with E-state index in [1.165, 1.54) is 23.9 Å². The molecule has 0 amide bonds. The number of rotatable bonds is 5. The molecule has 6 heteroatoms. The van der Waals surface area contributed by atoms with E-state index in [1.54, 1.807) is 0 Å². The molecule has 0 saturated carbocycles. The Morgan fingerprint density at radius 1 is 1.24 bits per heavy atom. The highest BCUT2D eigenvalue weighted by atomic mass is 32.2. The number of aliphatic imine (C=N–C) groups is 1. The number of thioether (sulfide) groups is 1. The molecule has 2 rings (SSSR count). The predicted molar refractivity (Wildman–Crippen MR) is 82.7 cm³/mol. The zero-order valence-corrected chi connectivity index (χ0v) is 13.5. The van der Waals surface area contributed by atoms with Crippen LogP contribution in [0.3, 0.4) is 0 Å². The first-order valence-electron chi connectivity index (χ1n) is 6.79. The molecular weight excluding hydrogens is 292 g/mol. The summed E-state index contributed by atoms with van der Waals surface area (Å²) in [6, 6.07) is 3.58. The third-order valence-electron chi connectivity index (χ3n) is 3.22. The zero-order valence-electron chi connectivity index (χ0n) is 12.7. The maximum atomic E-state index is 13.4. The molecule has 0 aromatic heterocycles. The molecule has 1 aliphatic heterocycles. The number of quaternary nitrogens is 1. The second-order valence-corrected chi connectivity index (χ2v) is 6.64. The average molecular weight is 312 g/mol. The van der Waals surface area contributed by atoms with Crippen LogP contribution in [0.4, 0.5) is 8.78 Å². The summed E-state index contributed by atoms with van der Waals surface area (Å²) in [7, 11) is 3.89. The topological polar surface area (TPSA) is 24.4 Å². The fourth-order valence-electron chi connectivity index (χ4n) is 2.25. The van der Waals surface area contributed by atoms with Crippen LogP contribution in [-0.4, -0.2) is 31.6 Å². The summed E-state index contributed by atoms with van der Waals surface area (Å²) in [5, 5.41) is 4.12. The molecule has 0 bridgehead atoms. The third kappa shape index (κ3) is 3.51. The monoisotopic (exact) mass is 312 g/mol. The Morgan fingerprint density at radius 2 is 1.86 bits per heavy atom. The summed E-state index contributed by atoms with van der Waals surface area (Å²) in [5.41, 5.74) is 0.961. The highest BCUT2D eigenvalue weighted by Crippen LogP contribution is 2.40. The summed E-state index contributed by atoms with van der Waals surface area (Å²) in [6.45, 7) is 4.79. The van der Waals surface area contributed by atoms with Crippen LogP contribution in [0.1, 0.15) is 13.8 Å². The summed E-state index contributed by atoms with van der Waals surface area (Å²) >= 11 is 1.37. The van der Waals surface area contributed by atoms with Crippen LogP contribution in [-0.2, 0) is 0 Å². The van der Waals surface area contributed by atoms with Crippen LogP contribution < -0.4 is 5.32 Å². The molecule has 1 aromatic carbocycles. The molecule has 3 nitrogen and oxygen atoms in total. The van der Waals surface area contributed by atoms with Gasteiger partial charge >= 0.3 is 0 Å². The Morgan fingerprint density at radius 3 is 2.38 bits per heavy atom. The number of allylic oxidation sites excluding steroid dienone is 1. The van der Waals surface area contributed by atoms with Gasteiger partial charge in [0.25, 0.3) is 0 Å². The molecule has 0 fully saturated rings. The minimum absolute atomic E-state index is 0.249. The molecule has 0 radical (unpaired) electrons. The lowest BCUT2D eigenvalue weighted by molar-refractivity contribution is -0.765. The molecule has 21 heavy (non-hydrogen) atoms. The first kappa shape index (κ1) is 16.1. The van der Waals surface area contributed by atoms with Crippen molar-refractivity contribution < 1.29 is 13.3 Å². The van der Waals surface area contributed by atoms with E-state index in [1.807, 2.05) is 20.4 Å². The van der Waals surface area contributed by atoms with Gasteiger partial charge in [-0.05, 0) is 30.9 Å². The molecule has 1 aliphatic rings. The SMILES string of the molecule is CNC[N+]1(C)C=NC(C(C)C)=C1Sc1cc(F)cc(F)c1. The second kappa shape index (κ2) is 6.25. The van der Waals surface area contributed by atoms with Gasteiger partial charge in [-0.3, -0.25) is 5.32 Å². The Hall–Kier alpha value is -1.24. The standard InChI is InChI=1S/C15H20F2N3S/c1-10(2)14-15(20(4,8-18-3)9-19-14)21-13-6-11(16)5-12(17)7-13/h5-7,9-10,18H,8H2,1-4H3/q+1. The van der Waals surface area contributed by atoms with Crippen LogP contribution in [0.25, 0.3) is 0 Å². The molecule has 114 valence electrons. The fraction of sp³-hybridized carbons (Fsp3) is 0.400. The maximum absolute atomic E-state index is 13.4. The molecule has 1 unspecified atom stereocenters. The lowest BCUT2D eigenvalue weighted by Gasteiger charge is -2.27. The smallest absolute Gasteiger partial charge is 0.201 e. The van der Waals surface area contributed by atoms with Gasteiger partial charge in [-0.25, -0.2) is 18.3 Å². The molecule has 1 aromatic rings. The molecule has 1 N–H and O–H groups in total. The van der Waals surface area contributed by atoms with Gasteiger partial charge in [0.1, 0.15) is 24.0 Å². The number of nitrogens with one attached hydrogen (secondary N) is 1. The minimum atomic E-state index is -0.564. The van der Waals surface area contributed by atoms with Crippen molar-refractivity contribution in [2.45, 2.75) is 18.7 Å². The van der Waals surface area contributed by atoms with Crippen LogP contribution in [0.5, 0.6) is 0 Å². The van der Waals surface area contributed by atoms with Gasteiger partial charge in [0.15, 0.2) is 6.34 Å². The lowest BCUT2D eigenvalue weighted by Crippen LogP contribution is -2.45. The highest BCUT2D eigenvalue weighted by Gasteiger charge is 2.36. The average Bonchev–Trinajstić information content (AvgIpc) is 2.66. The van der Waals surface area contributed by atoms with E-state index in [0.29, 0.717) is 16.0 Å². The van der Waals surface area contributed by atoms with Gasteiger partial charge in [0, 0.05) is 16.9 Å². The molecule has 0 saturated heterocycles. The van der Waals surface area contributed by atoms with Gasteiger partial charge < -0.3 is 0 Å². The van der Waals surface area contributed by atoms with Crippen molar-refractivity contribution in [3.63, 3.8) is 0 Å². The van der Waals surface area contributed by atoms with Gasteiger partial charge in [-0.15, -0.1) is 0 Å². The lowest BCUT2D eigenvalue weighted by atomic mass is 10.1. The minimum Gasteiger partial charge on any atom is -0.273 e. The van der Waals surface area contributed by atoms with Crippen LogP contribution in [0, 0.1) is 17.6 Å². The number of halogens is 2. The van der Waals surface area contributed by atoms with Crippen molar-refractivity contribution in [1.82, 2.24) is 5.32 Å². The molecule has 0 aliphatic carbocycles. The Labute approximate surface area is 128 Å². The number of nitrogens with zero attached hydrogens (tertiary/aromatic N) is 2. The number of hydrogen-bond donors (Lipinski definition) is 1. The van der Waals surface area contributed by atoms with Gasteiger partial charge in [0.2, 0.25) is 5.03 Å². The molecule has 0 spiro atoms. The zero-order chi connectivity index (χ0) is 15.6. The van der Waals surface area contributed by atoms with E-state index in [9.17, 15) is 8.78 Å². The van der Waals surface area contributed by atoms with E-state index in [2.05, 4.69) is 24.2 Å². The van der Waals surface area contributed by atoms with Crippen molar-refractivity contribution in [3.05, 3.63) is 40.6 Å². The first-order chi connectivity index (χ1) is 9.85. The Balaban J connectivity index is 2.39. The van der Waals surface area contributed by atoms with Gasteiger partial charge in [0.05, 0.1) is 7.05 Å². The molecular formula is C15H20F2N3S+. The fourth-order valence-corrected chi connectivity index (χ4v) is 3.53. The van der Waals surface area contributed by atoms with E-state index >= 15 is 0 Å². The number of hydrogen-bond acceptors (Lipinski definition) is 3. The van der Waals surface area contributed by atoms with Gasteiger partial charge in [-0.1, -0.05) is 13.8 Å². The van der Waals surface area contributed by atoms with Crippen LogP contribution >= 0.6 is 11.8 Å². The van der Waals surface area contributed by atoms with E-state index in [-0.39, 0.29) is 5.92 Å². The van der Waals surface area contributed by atoms with Crippen molar-refractivity contribution in [2.24, 2.45) is 10.9 Å². The molecule has 1 atom stereocenters. The van der Waals surface area contributed by atoms with E-state index in [0.717, 1.165) is 16.8 Å². The van der Waals surface area contributed by atoms with Crippen molar-refractivity contribution in [3.8, 4) is 0 Å². The highest BCUT2D eigenvalue weighted by molar-refractivity contribution is 8.02. The Kier molecular flexibility index (Phi) is 4.81. The van der Waals surface area contributed by atoms with Crippen molar-refractivity contribution in [1.29, 1.82) is 0 Å².